The van der Waals surface area contributed by atoms with E-state index in [-0.39, 0.29) is 12.3 Å². The molecule has 0 aliphatic rings. The van der Waals surface area contributed by atoms with Gasteiger partial charge in [-0.3, -0.25) is 4.79 Å². The molecule has 0 saturated heterocycles. The highest BCUT2D eigenvalue weighted by Crippen LogP contribution is 2.18. The van der Waals surface area contributed by atoms with Crippen molar-refractivity contribution in [2.24, 2.45) is 5.92 Å². The molecule has 0 heterocycles. The van der Waals surface area contributed by atoms with E-state index in [0.29, 0.717) is 5.56 Å². The van der Waals surface area contributed by atoms with E-state index in [0.717, 1.165) is 0 Å². The number of nitrogens with one attached hydrogen (secondary N) is 1. The maximum Gasteiger partial charge on any atom is 0.331 e. The molecule has 19 heavy (non-hydrogen) atoms. The summed E-state index contributed by atoms with van der Waals surface area (Å²) in [5.41, 5.74) is -1.27. The van der Waals surface area contributed by atoms with E-state index in [4.69, 9.17) is 0 Å². The summed E-state index contributed by atoms with van der Waals surface area (Å²) in [6, 6.07) is 8.34. The summed E-state index contributed by atoms with van der Waals surface area (Å²) < 4.78 is 0. The average Bonchev–Trinajstić information content (AvgIpc) is 2.38. The first-order valence-electron chi connectivity index (χ1n) is 6.13. The second-order valence-corrected chi connectivity index (χ2v) is 4.96. The fourth-order valence-corrected chi connectivity index (χ4v) is 1.94. The molecule has 0 radical (unpaired) electrons. The van der Waals surface area contributed by atoms with Crippen molar-refractivity contribution in [2.75, 3.05) is 6.61 Å². The van der Waals surface area contributed by atoms with Crippen LogP contribution in [0, 0.1) is 5.92 Å². The predicted octanol–water partition coefficient (Wildman–Crippen LogP) is 1.28. The number of hydrogen-bond donors (Lipinski definition) is 3. The minimum atomic E-state index is -1.64. The molecule has 1 rings (SSSR count). The number of aliphatic carboxylic acids is 1. The summed E-state index contributed by atoms with van der Waals surface area (Å²) in [6.45, 7) is 3.03. The van der Waals surface area contributed by atoms with Crippen LogP contribution in [0.15, 0.2) is 30.3 Å². The molecule has 1 aromatic carbocycles. The lowest BCUT2D eigenvalue weighted by molar-refractivity contribution is -0.147. The van der Waals surface area contributed by atoms with Crippen molar-refractivity contribution >= 4 is 11.9 Å². The van der Waals surface area contributed by atoms with Gasteiger partial charge in [0, 0.05) is 5.56 Å². The molecule has 5 nitrogen and oxygen atoms in total. The smallest absolute Gasteiger partial charge is 0.331 e. The Kier molecular flexibility index (Phi) is 5.06. The molecule has 0 fully saturated rings. The van der Waals surface area contributed by atoms with Crippen molar-refractivity contribution in [1.82, 2.24) is 5.32 Å². The molecule has 1 amide bonds. The normalized spacial score (nSPS) is 13.9. The van der Waals surface area contributed by atoms with E-state index in [1.165, 1.54) is 0 Å². The van der Waals surface area contributed by atoms with Gasteiger partial charge < -0.3 is 15.5 Å². The molecular formula is C14H19NO4. The van der Waals surface area contributed by atoms with Gasteiger partial charge >= 0.3 is 5.97 Å². The van der Waals surface area contributed by atoms with Crippen LogP contribution in [0.4, 0.5) is 0 Å². The number of rotatable bonds is 6. The fraction of sp³-hybridized carbons (Fsp3) is 0.429. The summed E-state index contributed by atoms with van der Waals surface area (Å²) in [5, 5.41) is 21.1. The van der Waals surface area contributed by atoms with E-state index >= 15 is 0 Å². The van der Waals surface area contributed by atoms with Gasteiger partial charge in [0.25, 0.3) is 5.91 Å². The molecule has 0 aliphatic heterocycles. The summed E-state index contributed by atoms with van der Waals surface area (Å²) >= 11 is 0. The minimum absolute atomic E-state index is 0.0272. The van der Waals surface area contributed by atoms with Gasteiger partial charge in [-0.2, -0.15) is 0 Å². The molecule has 1 atom stereocenters. The standard InChI is InChI=1S/C14H19NO4/c1-10(2)8-14(9-16,13(18)19)15-12(17)11-6-4-3-5-7-11/h3-7,10,16H,8-9H2,1-2H3,(H,15,17)(H,18,19)/t14-/m0/s1. The number of carboxylic acid groups (broad SMARTS) is 1. The fourth-order valence-electron chi connectivity index (χ4n) is 1.94. The van der Waals surface area contributed by atoms with Gasteiger partial charge in [-0.15, -0.1) is 0 Å². The lowest BCUT2D eigenvalue weighted by atomic mass is 9.89. The Balaban J connectivity index is 2.95. The number of hydrogen-bond acceptors (Lipinski definition) is 3. The topological polar surface area (TPSA) is 86.6 Å². The van der Waals surface area contributed by atoms with Crippen LogP contribution in [0.2, 0.25) is 0 Å². The minimum Gasteiger partial charge on any atom is -0.479 e. The van der Waals surface area contributed by atoms with Crippen molar-refractivity contribution < 1.29 is 19.8 Å². The number of carboxylic acids is 1. The van der Waals surface area contributed by atoms with Crippen LogP contribution in [-0.4, -0.2) is 34.2 Å². The van der Waals surface area contributed by atoms with Crippen molar-refractivity contribution in [1.29, 1.82) is 0 Å². The third-order valence-corrected chi connectivity index (χ3v) is 2.82. The summed E-state index contributed by atoms with van der Waals surface area (Å²) in [4.78, 5) is 23.4. The Morgan fingerprint density at radius 3 is 2.26 bits per heavy atom. The van der Waals surface area contributed by atoms with Crippen LogP contribution >= 0.6 is 0 Å². The zero-order valence-corrected chi connectivity index (χ0v) is 11.1. The first kappa shape index (κ1) is 15.2. The summed E-state index contributed by atoms with van der Waals surface area (Å²) in [6.07, 6.45) is 0.164. The quantitative estimate of drug-likeness (QED) is 0.723. The van der Waals surface area contributed by atoms with Crippen molar-refractivity contribution in [2.45, 2.75) is 25.8 Å². The van der Waals surface area contributed by atoms with Gasteiger partial charge in [-0.1, -0.05) is 32.0 Å². The molecular weight excluding hydrogens is 246 g/mol. The largest absolute Gasteiger partial charge is 0.479 e. The molecule has 0 aromatic heterocycles. The zero-order chi connectivity index (χ0) is 14.5. The Morgan fingerprint density at radius 2 is 1.84 bits per heavy atom. The van der Waals surface area contributed by atoms with E-state index in [2.05, 4.69) is 5.32 Å². The van der Waals surface area contributed by atoms with Crippen LogP contribution in [0.1, 0.15) is 30.6 Å². The third-order valence-electron chi connectivity index (χ3n) is 2.82. The van der Waals surface area contributed by atoms with Crippen LogP contribution in [0.25, 0.3) is 0 Å². The molecule has 5 heteroatoms. The Hall–Kier alpha value is -1.88. The second-order valence-electron chi connectivity index (χ2n) is 4.96. The van der Waals surface area contributed by atoms with E-state index in [1.807, 2.05) is 13.8 Å². The Bertz CT molecular complexity index is 444. The molecule has 0 spiro atoms. The Labute approximate surface area is 112 Å². The van der Waals surface area contributed by atoms with E-state index < -0.39 is 24.0 Å². The average molecular weight is 265 g/mol. The van der Waals surface area contributed by atoms with Crippen LogP contribution in [0.3, 0.4) is 0 Å². The first-order valence-corrected chi connectivity index (χ1v) is 6.13. The number of benzene rings is 1. The lowest BCUT2D eigenvalue weighted by Gasteiger charge is -2.30. The van der Waals surface area contributed by atoms with Gasteiger partial charge in [0.2, 0.25) is 0 Å². The maximum atomic E-state index is 12.0. The van der Waals surface area contributed by atoms with Gasteiger partial charge in [0.05, 0.1) is 6.61 Å². The highest BCUT2D eigenvalue weighted by Gasteiger charge is 2.40. The van der Waals surface area contributed by atoms with Crippen LogP contribution in [0.5, 0.6) is 0 Å². The second kappa shape index (κ2) is 6.33. The van der Waals surface area contributed by atoms with Gasteiger partial charge in [-0.05, 0) is 24.5 Å². The number of amides is 1. The summed E-state index contributed by atoms with van der Waals surface area (Å²) in [7, 11) is 0. The maximum absolute atomic E-state index is 12.0. The van der Waals surface area contributed by atoms with Crippen molar-refractivity contribution in [3.05, 3.63) is 35.9 Å². The van der Waals surface area contributed by atoms with Crippen LogP contribution < -0.4 is 5.32 Å². The highest BCUT2D eigenvalue weighted by atomic mass is 16.4. The molecule has 0 saturated carbocycles. The van der Waals surface area contributed by atoms with Gasteiger partial charge in [0.15, 0.2) is 5.54 Å². The zero-order valence-electron chi connectivity index (χ0n) is 11.1. The first-order chi connectivity index (χ1) is 8.91. The monoisotopic (exact) mass is 265 g/mol. The SMILES string of the molecule is CC(C)C[C@@](CO)(NC(=O)c1ccccc1)C(=O)O. The predicted molar refractivity (Wildman–Crippen MR) is 70.8 cm³/mol. The van der Waals surface area contributed by atoms with Crippen LogP contribution in [-0.2, 0) is 4.79 Å². The molecule has 3 N–H and O–H groups in total. The van der Waals surface area contributed by atoms with Gasteiger partial charge in [-0.25, -0.2) is 4.79 Å². The molecule has 104 valence electrons. The number of aliphatic hydroxyl groups excluding tert-OH is 1. The third kappa shape index (κ3) is 3.79. The molecule has 0 bridgehead atoms. The molecule has 0 unspecified atom stereocenters. The van der Waals surface area contributed by atoms with Gasteiger partial charge in [0.1, 0.15) is 0 Å². The van der Waals surface area contributed by atoms with Crippen molar-refractivity contribution in [3.8, 4) is 0 Å². The number of carbonyl (C=O) groups is 2. The Morgan fingerprint density at radius 1 is 1.26 bits per heavy atom. The summed E-state index contributed by atoms with van der Waals surface area (Å²) in [5.74, 6) is -1.70. The molecule has 0 aliphatic carbocycles. The number of aliphatic hydroxyl groups is 1. The number of carbonyl (C=O) groups excluding carboxylic acids is 1. The van der Waals surface area contributed by atoms with Crippen molar-refractivity contribution in [3.63, 3.8) is 0 Å². The van der Waals surface area contributed by atoms with E-state index in [9.17, 15) is 19.8 Å². The molecule has 1 aromatic rings. The van der Waals surface area contributed by atoms with E-state index in [1.54, 1.807) is 30.3 Å². The highest BCUT2D eigenvalue weighted by molar-refractivity contribution is 5.97. The lowest BCUT2D eigenvalue weighted by Crippen LogP contribution is -2.58.